The molecule has 0 fully saturated rings. The molecule has 0 bridgehead atoms. The first kappa shape index (κ1) is 11.4. The van der Waals surface area contributed by atoms with Gasteiger partial charge in [0.1, 0.15) is 0 Å². The maximum atomic E-state index is 12.4. The van der Waals surface area contributed by atoms with E-state index in [0.29, 0.717) is 14.3 Å². The van der Waals surface area contributed by atoms with Gasteiger partial charge >= 0.3 is 0 Å². The van der Waals surface area contributed by atoms with Crippen molar-refractivity contribution in [1.29, 1.82) is 0 Å². The van der Waals surface area contributed by atoms with Crippen molar-refractivity contribution in [3.8, 4) is 11.1 Å². The highest BCUT2D eigenvalue weighted by molar-refractivity contribution is 9.10. The van der Waals surface area contributed by atoms with Crippen molar-refractivity contribution in [3.63, 3.8) is 0 Å². The normalized spacial score (nSPS) is 15.4. The van der Waals surface area contributed by atoms with Gasteiger partial charge in [-0.1, -0.05) is 34.1 Å². The van der Waals surface area contributed by atoms with E-state index in [4.69, 9.17) is 0 Å². The summed E-state index contributed by atoms with van der Waals surface area (Å²) >= 11 is 6.61. The third kappa shape index (κ3) is 1.53. The van der Waals surface area contributed by atoms with Gasteiger partial charge in [-0.25, -0.2) is 8.42 Å². The Hall–Kier alpha value is -0.650. The van der Waals surface area contributed by atoms with Gasteiger partial charge in [0.25, 0.3) is 0 Å². The maximum absolute atomic E-state index is 12.4. The average Bonchev–Trinajstić information content (AvgIpc) is 2.49. The molecule has 0 radical (unpaired) electrons. The quantitative estimate of drug-likeness (QED) is 0.596. The molecule has 2 aromatic rings. The van der Waals surface area contributed by atoms with Gasteiger partial charge in [-0.3, -0.25) is 0 Å². The van der Waals surface area contributed by atoms with Crippen molar-refractivity contribution in [2.45, 2.75) is 9.79 Å². The summed E-state index contributed by atoms with van der Waals surface area (Å²) in [5.74, 6) is 0. The fourth-order valence-electron chi connectivity index (χ4n) is 2.05. The molecule has 86 valence electrons. The monoisotopic (exact) mass is 372 g/mol. The van der Waals surface area contributed by atoms with Crippen LogP contribution in [0.4, 0.5) is 0 Å². The van der Waals surface area contributed by atoms with Crippen molar-refractivity contribution in [2.75, 3.05) is 0 Å². The molecule has 17 heavy (non-hydrogen) atoms. The Labute approximate surface area is 116 Å². The van der Waals surface area contributed by atoms with E-state index in [0.717, 1.165) is 15.6 Å². The molecule has 0 amide bonds. The van der Waals surface area contributed by atoms with Crippen LogP contribution in [-0.2, 0) is 9.84 Å². The first-order valence-corrected chi connectivity index (χ1v) is 7.92. The zero-order valence-electron chi connectivity index (χ0n) is 8.44. The lowest BCUT2D eigenvalue weighted by Crippen LogP contribution is -1.97. The minimum Gasteiger partial charge on any atom is -0.218 e. The molecule has 0 N–H and O–H groups in total. The molecule has 0 spiro atoms. The van der Waals surface area contributed by atoms with Crippen molar-refractivity contribution in [2.24, 2.45) is 0 Å². The van der Waals surface area contributed by atoms with Gasteiger partial charge < -0.3 is 0 Å². The highest BCUT2D eigenvalue weighted by atomic mass is 79.9. The van der Waals surface area contributed by atoms with Gasteiger partial charge in [-0.15, -0.1) is 0 Å². The van der Waals surface area contributed by atoms with Crippen LogP contribution in [-0.4, -0.2) is 8.42 Å². The molecule has 0 saturated carbocycles. The number of halogens is 2. The number of hydrogen-bond acceptors (Lipinski definition) is 2. The molecule has 2 aromatic carbocycles. The Balaban J connectivity index is 2.51. The van der Waals surface area contributed by atoms with Gasteiger partial charge in [0, 0.05) is 20.1 Å². The minimum atomic E-state index is -3.39. The van der Waals surface area contributed by atoms with E-state index >= 15 is 0 Å². The number of benzene rings is 2. The van der Waals surface area contributed by atoms with E-state index in [1.807, 2.05) is 24.3 Å². The Morgan fingerprint density at radius 3 is 2.47 bits per heavy atom. The van der Waals surface area contributed by atoms with E-state index in [1.54, 1.807) is 12.1 Å². The van der Waals surface area contributed by atoms with E-state index in [-0.39, 0.29) is 0 Å². The summed E-state index contributed by atoms with van der Waals surface area (Å²) in [6, 6.07) is 10.8. The number of fused-ring (bicyclic) bond motifs is 3. The molecule has 1 aliphatic heterocycles. The van der Waals surface area contributed by atoms with Crippen LogP contribution in [0, 0.1) is 0 Å². The molecule has 5 heteroatoms. The third-order valence-electron chi connectivity index (χ3n) is 2.76. The van der Waals surface area contributed by atoms with Crippen LogP contribution in [0.5, 0.6) is 0 Å². The molecule has 2 nitrogen and oxygen atoms in total. The van der Waals surface area contributed by atoms with Crippen LogP contribution in [0.2, 0.25) is 0 Å². The van der Waals surface area contributed by atoms with Gasteiger partial charge in [-0.2, -0.15) is 0 Å². The van der Waals surface area contributed by atoms with Crippen molar-refractivity contribution >= 4 is 41.7 Å². The van der Waals surface area contributed by atoms with E-state index < -0.39 is 9.84 Å². The minimum absolute atomic E-state index is 0.369. The summed E-state index contributed by atoms with van der Waals surface area (Å²) in [4.78, 5) is 0.738. The Morgan fingerprint density at radius 2 is 1.71 bits per heavy atom. The average molecular weight is 374 g/mol. The predicted octanol–water partition coefficient (Wildman–Crippen LogP) is 4.02. The number of hydrogen-bond donors (Lipinski definition) is 0. The van der Waals surface area contributed by atoms with Crippen molar-refractivity contribution in [1.82, 2.24) is 0 Å². The summed E-state index contributed by atoms with van der Waals surface area (Å²) in [6.07, 6.45) is 0. The topological polar surface area (TPSA) is 34.1 Å². The third-order valence-corrected chi connectivity index (χ3v) is 6.07. The molecule has 0 atom stereocenters. The zero-order valence-corrected chi connectivity index (χ0v) is 12.4. The molecular weight excluding hydrogens is 368 g/mol. The standard InChI is InChI=1S/C12H6Br2O2S/c13-7-4-5-8-9-2-1-3-10(14)12(9)17(15,16)11(8)6-7/h1-6H. The van der Waals surface area contributed by atoms with Gasteiger partial charge in [-0.05, 0) is 34.1 Å². The Kier molecular flexibility index (Phi) is 2.47. The lowest BCUT2D eigenvalue weighted by atomic mass is 10.1. The zero-order chi connectivity index (χ0) is 12.2. The van der Waals surface area contributed by atoms with Crippen LogP contribution >= 0.6 is 31.9 Å². The van der Waals surface area contributed by atoms with Crippen LogP contribution in [0.1, 0.15) is 0 Å². The fraction of sp³-hybridized carbons (Fsp3) is 0. The van der Waals surface area contributed by atoms with E-state index in [2.05, 4.69) is 31.9 Å². The molecule has 0 aliphatic carbocycles. The van der Waals surface area contributed by atoms with Gasteiger partial charge in [0.2, 0.25) is 9.84 Å². The molecule has 1 heterocycles. The SMILES string of the molecule is O=S1(=O)c2cc(Br)ccc2-c2cccc(Br)c21. The summed E-state index contributed by atoms with van der Waals surface area (Å²) in [6.45, 7) is 0. The highest BCUT2D eigenvalue weighted by Crippen LogP contribution is 2.46. The fourth-order valence-corrected chi connectivity index (χ4v) is 5.32. The maximum Gasteiger partial charge on any atom is 0.208 e. The first-order chi connectivity index (χ1) is 8.01. The van der Waals surface area contributed by atoms with Crippen LogP contribution in [0.3, 0.4) is 0 Å². The second kappa shape index (κ2) is 3.67. The van der Waals surface area contributed by atoms with E-state index in [9.17, 15) is 8.42 Å². The van der Waals surface area contributed by atoms with E-state index in [1.165, 1.54) is 0 Å². The smallest absolute Gasteiger partial charge is 0.208 e. The van der Waals surface area contributed by atoms with Crippen LogP contribution in [0.15, 0.2) is 55.1 Å². The van der Waals surface area contributed by atoms with Crippen molar-refractivity contribution < 1.29 is 8.42 Å². The molecule has 0 unspecified atom stereocenters. The highest BCUT2D eigenvalue weighted by Gasteiger charge is 2.34. The second-order valence-corrected chi connectivity index (χ2v) is 7.39. The number of sulfone groups is 1. The molecule has 0 aromatic heterocycles. The van der Waals surface area contributed by atoms with Crippen LogP contribution < -0.4 is 0 Å². The number of rotatable bonds is 0. The molecule has 1 aliphatic rings. The summed E-state index contributed by atoms with van der Waals surface area (Å²) in [5, 5.41) is 0. The molecule has 0 saturated heterocycles. The lowest BCUT2D eigenvalue weighted by Gasteiger charge is -2.00. The Morgan fingerprint density at radius 1 is 0.941 bits per heavy atom. The predicted molar refractivity (Wildman–Crippen MR) is 72.7 cm³/mol. The van der Waals surface area contributed by atoms with Gasteiger partial charge in [0.15, 0.2) is 0 Å². The molecule has 3 rings (SSSR count). The summed E-state index contributed by atoms with van der Waals surface area (Å²) in [7, 11) is -3.39. The molecular formula is C12H6Br2O2S. The first-order valence-electron chi connectivity index (χ1n) is 4.85. The second-order valence-electron chi connectivity index (χ2n) is 3.76. The van der Waals surface area contributed by atoms with Crippen molar-refractivity contribution in [3.05, 3.63) is 45.3 Å². The largest absolute Gasteiger partial charge is 0.218 e. The van der Waals surface area contributed by atoms with Crippen LogP contribution in [0.25, 0.3) is 11.1 Å². The Bertz CT molecular complexity index is 736. The summed E-state index contributed by atoms with van der Waals surface area (Å²) < 4.78 is 26.2. The lowest BCUT2D eigenvalue weighted by molar-refractivity contribution is 0.598. The van der Waals surface area contributed by atoms with Gasteiger partial charge in [0.05, 0.1) is 9.79 Å². The summed E-state index contributed by atoms with van der Waals surface area (Å²) in [5.41, 5.74) is 1.53.